The Morgan fingerprint density at radius 3 is 2.44 bits per heavy atom. The van der Waals surface area contributed by atoms with Crippen LogP contribution in [0.15, 0.2) is 54.6 Å². The molecule has 0 fully saturated rings. The van der Waals surface area contributed by atoms with E-state index in [9.17, 15) is 4.79 Å². The Labute approximate surface area is 114 Å². The van der Waals surface area contributed by atoms with E-state index in [1.807, 2.05) is 54.6 Å². The van der Waals surface area contributed by atoms with Crippen LogP contribution in [0.5, 0.6) is 5.75 Å². The van der Waals surface area contributed by atoms with Crippen LogP contribution in [-0.2, 0) is 4.50 Å². The van der Waals surface area contributed by atoms with E-state index in [2.05, 4.69) is 16.0 Å². The second-order valence-corrected chi connectivity index (χ2v) is 5.70. The van der Waals surface area contributed by atoms with Crippen molar-refractivity contribution in [3.8, 4) is 5.75 Å². The van der Waals surface area contributed by atoms with Gasteiger partial charge in [-0.2, -0.15) is 0 Å². The first-order valence-electron chi connectivity index (χ1n) is 5.76. The molecule has 1 aliphatic rings. The molecule has 0 N–H and O–H groups in total. The minimum absolute atomic E-state index is 0.111. The Morgan fingerprint density at radius 1 is 1.00 bits per heavy atom. The van der Waals surface area contributed by atoms with Gasteiger partial charge in [0, 0.05) is 0 Å². The fourth-order valence-corrected chi connectivity index (χ4v) is 2.91. The predicted octanol–water partition coefficient (Wildman–Crippen LogP) is 2.67. The van der Waals surface area contributed by atoms with E-state index < -0.39 is 4.50 Å². The van der Waals surface area contributed by atoms with Gasteiger partial charge >= 0.3 is 114 Å². The van der Waals surface area contributed by atoms with Gasteiger partial charge in [0.15, 0.2) is 0 Å². The monoisotopic (exact) mass is 303 g/mol. The van der Waals surface area contributed by atoms with Gasteiger partial charge in [-0.05, 0) is 0 Å². The molecule has 2 nitrogen and oxygen atoms in total. The van der Waals surface area contributed by atoms with Crippen molar-refractivity contribution >= 4 is 21.8 Å². The van der Waals surface area contributed by atoms with E-state index >= 15 is 0 Å². The van der Waals surface area contributed by atoms with Gasteiger partial charge in [0.1, 0.15) is 0 Å². The van der Waals surface area contributed by atoms with Gasteiger partial charge in [-0.3, -0.25) is 0 Å². The second-order valence-electron chi connectivity index (χ2n) is 4.32. The van der Waals surface area contributed by atoms with E-state index in [1.54, 1.807) is 0 Å². The SMILES string of the molecule is O=C1CC([Se])(c2ccccc2)Oc2ccccc21. The molecule has 1 aliphatic heterocycles. The van der Waals surface area contributed by atoms with Crippen molar-refractivity contribution in [3.05, 3.63) is 65.7 Å². The molecule has 0 aliphatic carbocycles. The first kappa shape index (κ1) is 11.5. The number of fused-ring (bicyclic) bond motifs is 1. The van der Waals surface area contributed by atoms with Crippen LogP contribution in [0.25, 0.3) is 0 Å². The van der Waals surface area contributed by atoms with Crippen molar-refractivity contribution in [2.75, 3.05) is 0 Å². The first-order chi connectivity index (χ1) is 8.69. The molecule has 0 spiro atoms. The fraction of sp³-hybridized carbons (Fsp3) is 0.133. The fourth-order valence-electron chi connectivity index (χ4n) is 2.16. The van der Waals surface area contributed by atoms with E-state index in [0.29, 0.717) is 17.7 Å². The molecule has 1 atom stereocenters. The average Bonchev–Trinajstić information content (AvgIpc) is 2.40. The van der Waals surface area contributed by atoms with Crippen LogP contribution in [0.4, 0.5) is 0 Å². The van der Waals surface area contributed by atoms with Crippen LogP contribution in [-0.4, -0.2) is 21.8 Å². The van der Waals surface area contributed by atoms with Crippen LogP contribution < -0.4 is 4.74 Å². The third-order valence-corrected chi connectivity index (χ3v) is 4.04. The Bertz CT molecular complexity index is 594. The molecule has 1 radical (unpaired) electrons. The summed E-state index contributed by atoms with van der Waals surface area (Å²) in [5, 5.41) is 0. The zero-order chi connectivity index (χ0) is 12.6. The third-order valence-electron chi connectivity index (χ3n) is 3.07. The van der Waals surface area contributed by atoms with E-state index in [0.717, 1.165) is 5.56 Å². The van der Waals surface area contributed by atoms with Gasteiger partial charge in [0.05, 0.1) is 0 Å². The number of ether oxygens (including phenoxy) is 1. The maximum atomic E-state index is 12.2. The van der Waals surface area contributed by atoms with Crippen molar-refractivity contribution in [3.63, 3.8) is 0 Å². The molecule has 1 unspecified atom stereocenters. The molecule has 0 bridgehead atoms. The molecule has 0 amide bonds. The summed E-state index contributed by atoms with van der Waals surface area (Å²) in [6.07, 6.45) is 0.327. The molecule has 3 rings (SSSR count). The quantitative estimate of drug-likeness (QED) is 0.757. The summed E-state index contributed by atoms with van der Waals surface area (Å²) in [7, 11) is 0. The van der Waals surface area contributed by atoms with Gasteiger partial charge in [0.2, 0.25) is 0 Å². The Balaban J connectivity index is 2.06. The molecule has 2 aromatic rings. The number of hydrogen-bond donors (Lipinski definition) is 0. The summed E-state index contributed by atoms with van der Waals surface area (Å²) in [5.74, 6) is 0.760. The molecule has 18 heavy (non-hydrogen) atoms. The summed E-state index contributed by atoms with van der Waals surface area (Å²) in [6.45, 7) is 0. The molecular weight excluding hydrogens is 291 g/mol. The third kappa shape index (κ3) is 1.86. The van der Waals surface area contributed by atoms with Crippen molar-refractivity contribution in [1.29, 1.82) is 0 Å². The van der Waals surface area contributed by atoms with Crippen molar-refractivity contribution in [2.24, 2.45) is 0 Å². The molecule has 0 aromatic heterocycles. The van der Waals surface area contributed by atoms with Gasteiger partial charge in [-0.1, -0.05) is 0 Å². The standard InChI is InChI=1S/C15H11O2Se/c16-13-10-15(18,11-6-2-1-3-7-11)17-14-9-5-4-8-12(13)14/h1-9H,10H2. The summed E-state index contributed by atoms with van der Waals surface area (Å²) in [5.41, 5.74) is 1.65. The normalized spacial score (nSPS) is 22.2. The summed E-state index contributed by atoms with van der Waals surface area (Å²) >= 11 is 3.04. The number of Topliss-reactive ketones (excluding diaryl/α,β-unsaturated/α-hetero) is 1. The van der Waals surface area contributed by atoms with Crippen molar-refractivity contribution in [1.82, 2.24) is 0 Å². The van der Waals surface area contributed by atoms with Crippen LogP contribution in [0.3, 0.4) is 0 Å². The number of benzene rings is 2. The Hall–Kier alpha value is -1.57. The minimum atomic E-state index is -0.688. The zero-order valence-corrected chi connectivity index (χ0v) is 11.3. The van der Waals surface area contributed by atoms with Gasteiger partial charge in [-0.15, -0.1) is 0 Å². The average molecular weight is 302 g/mol. The topological polar surface area (TPSA) is 26.3 Å². The summed E-state index contributed by atoms with van der Waals surface area (Å²) < 4.78 is 5.31. The summed E-state index contributed by atoms with van der Waals surface area (Å²) in [6, 6.07) is 17.2. The van der Waals surface area contributed by atoms with Crippen molar-refractivity contribution < 1.29 is 9.53 Å². The van der Waals surface area contributed by atoms with Gasteiger partial charge < -0.3 is 0 Å². The van der Waals surface area contributed by atoms with E-state index in [4.69, 9.17) is 4.74 Å². The molecule has 2 aromatic carbocycles. The van der Waals surface area contributed by atoms with Crippen molar-refractivity contribution in [2.45, 2.75) is 10.9 Å². The second kappa shape index (κ2) is 4.27. The molecular formula is C15H11O2Se. The molecule has 0 saturated heterocycles. The number of rotatable bonds is 1. The number of para-hydroxylation sites is 1. The number of ketones is 1. The van der Waals surface area contributed by atoms with Gasteiger partial charge in [0.25, 0.3) is 0 Å². The first-order valence-corrected chi connectivity index (χ1v) is 6.62. The van der Waals surface area contributed by atoms with Crippen LogP contribution in [0.1, 0.15) is 22.3 Å². The van der Waals surface area contributed by atoms with E-state index in [1.165, 1.54) is 0 Å². The van der Waals surface area contributed by atoms with Gasteiger partial charge in [-0.25, -0.2) is 0 Å². The van der Waals surface area contributed by atoms with Crippen LogP contribution in [0.2, 0.25) is 0 Å². The molecule has 0 saturated carbocycles. The Kier molecular flexibility index (Phi) is 2.73. The predicted molar refractivity (Wildman–Crippen MR) is 69.9 cm³/mol. The Morgan fingerprint density at radius 2 is 1.67 bits per heavy atom. The van der Waals surface area contributed by atoms with E-state index in [-0.39, 0.29) is 5.78 Å². The number of carbonyl (C=O) groups is 1. The maximum absolute atomic E-state index is 12.2. The molecule has 1 heterocycles. The molecule has 3 heteroatoms. The summed E-state index contributed by atoms with van der Waals surface area (Å²) in [4.78, 5) is 12.2. The van der Waals surface area contributed by atoms with Crippen LogP contribution in [0, 0.1) is 0 Å². The zero-order valence-electron chi connectivity index (χ0n) is 9.63. The number of hydrogen-bond acceptors (Lipinski definition) is 2. The molecule has 89 valence electrons. The van der Waals surface area contributed by atoms with Crippen LogP contribution >= 0.6 is 0 Å². The number of carbonyl (C=O) groups excluding carboxylic acids is 1.